The molecule has 2 amide bonds. The molecule has 134 valence electrons. The smallest absolute Gasteiger partial charge is 0.315 e. The Labute approximate surface area is 144 Å². The molecule has 24 heavy (non-hydrogen) atoms. The maximum Gasteiger partial charge on any atom is 0.315 e. The molecule has 1 aliphatic carbocycles. The minimum absolute atomic E-state index is 0.0466. The second-order valence-corrected chi connectivity index (χ2v) is 9.07. The molecule has 2 rings (SSSR count). The largest absolute Gasteiger partial charge is 0.335 e. The topological polar surface area (TPSA) is 101 Å². The number of primary sulfonamides is 1. The lowest BCUT2D eigenvalue weighted by molar-refractivity contribution is 0.149. The van der Waals surface area contributed by atoms with Gasteiger partial charge in [-0.3, -0.25) is 0 Å². The van der Waals surface area contributed by atoms with Crippen molar-refractivity contribution in [2.45, 2.75) is 57.5 Å². The van der Waals surface area contributed by atoms with Crippen LogP contribution in [0.3, 0.4) is 0 Å². The van der Waals surface area contributed by atoms with Gasteiger partial charge in [0.25, 0.3) is 0 Å². The van der Waals surface area contributed by atoms with E-state index in [1.807, 2.05) is 0 Å². The summed E-state index contributed by atoms with van der Waals surface area (Å²) in [5.41, 5.74) is 1.02. The van der Waals surface area contributed by atoms with Crippen LogP contribution in [0.5, 0.6) is 0 Å². The molecule has 2 atom stereocenters. The number of carbonyl (C=O) groups excluding carboxylic acids is 1. The molecule has 0 spiro atoms. The van der Waals surface area contributed by atoms with Gasteiger partial charge < -0.3 is 10.6 Å². The molecule has 4 N–H and O–H groups in total. The van der Waals surface area contributed by atoms with Crippen molar-refractivity contribution in [1.29, 1.82) is 0 Å². The number of urea groups is 1. The average Bonchev–Trinajstić information content (AvgIpc) is 2.47. The number of carbonyl (C=O) groups is 1. The summed E-state index contributed by atoms with van der Waals surface area (Å²) in [5.74, 6) is 0.435. The summed E-state index contributed by atoms with van der Waals surface area (Å²) in [6.07, 6.45) is 3.16. The van der Waals surface area contributed by atoms with E-state index >= 15 is 0 Å². The van der Waals surface area contributed by atoms with Gasteiger partial charge in [-0.05, 0) is 48.3 Å². The van der Waals surface area contributed by atoms with Crippen LogP contribution in [0.2, 0.25) is 0 Å². The van der Waals surface area contributed by atoms with Gasteiger partial charge in [-0.25, -0.2) is 18.4 Å². The quantitative estimate of drug-likeness (QED) is 0.774. The Bertz CT molecular complexity index is 701. The molecule has 0 bridgehead atoms. The summed E-state index contributed by atoms with van der Waals surface area (Å²) < 4.78 is 22.7. The molecule has 1 fully saturated rings. The van der Waals surface area contributed by atoms with Crippen molar-refractivity contribution in [2.75, 3.05) is 0 Å². The highest BCUT2D eigenvalue weighted by molar-refractivity contribution is 7.89. The zero-order valence-corrected chi connectivity index (χ0v) is 15.3. The van der Waals surface area contributed by atoms with Crippen molar-refractivity contribution in [3.8, 4) is 0 Å². The van der Waals surface area contributed by atoms with Gasteiger partial charge in [0.1, 0.15) is 0 Å². The lowest BCUT2D eigenvalue weighted by Gasteiger charge is -2.39. The number of benzene rings is 1. The van der Waals surface area contributed by atoms with E-state index in [4.69, 9.17) is 5.14 Å². The van der Waals surface area contributed by atoms with Crippen LogP contribution in [-0.2, 0) is 16.6 Å². The van der Waals surface area contributed by atoms with Crippen LogP contribution in [-0.4, -0.2) is 20.5 Å². The molecule has 0 aliphatic heterocycles. The molecule has 7 heteroatoms. The summed E-state index contributed by atoms with van der Waals surface area (Å²) in [6, 6.07) is 6.22. The standard InChI is InChI=1S/C17H27N3O3S/c1-12-10-17(2,3)8-7-15(12)20-16(21)19-11-13-5-4-6-14(9-13)24(18,22)23/h4-6,9,12,15H,7-8,10-11H2,1-3H3,(H2,18,22,23)(H2,19,20,21). The van der Waals surface area contributed by atoms with Crippen LogP contribution < -0.4 is 15.8 Å². The Kier molecular flexibility index (Phi) is 5.55. The Morgan fingerprint density at radius 1 is 1.38 bits per heavy atom. The fourth-order valence-corrected chi connectivity index (χ4v) is 3.98. The molecule has 0 aromatic heterocycles. The van der Waals surface area contributed by atoms with Crippen molar-refractivity contribution in [1.82, 2.24) is 10.6 Å². The van der Waals surface area contributed by atoms with E-state index in [-0.39, 0.29) is 23.5 Å². The van der Waals surface area contributed by atoms with Crippen LogP contribution in [0.4, 0.5) is 4.79 Å². The first-order valence-corrected chi connectivity index (χ1v) is 9.78. The van der Waals surface area contributed by atoms with Crippen molar-refractivity contribution in [2.24, 2.45) is 16.5 Å². The fraction of sp³-hybridized carbons (Fsp3) is 0.588. The molecule has 2 unspecified atom stereocenters. The first kappa shape index (κ1) is 18.7. The highest BCUT2D eigenvalue weighted by atomic mass is 32.2. The number of nitrogens with one attached hydrogen (secondary N) is 2. The SMILES string of the molecule is CC1CC(C)(C)CCC1NC(=O)NCc1cccc(S(N)(=O)=O)c1. The fourth-order valence-electron chi connectivity index (χ4n) is 3.40. The second kappa shape index (κ2) is 7.11. The van der Waals surface area contributed by atoms with Crippen LogP contribution in [0.15, 0.2) is 29.2 Å². The highest BCUT2D eigenvalue weighted by Crippen LogP contribution is 2.38. The molecule has 6 nitrogen and oxygen atoms in total. The molecule has 1 aromatic carbocycles. The molecular formula is C17H27N3O3S. The molecule has 1 aliphatic rings. The van der Waals surface area contributed by atoms with Crippen molar-refractivity contribution in [3.05, 3.63) is 29.8 Å². The number of rotatable bonds is 4. The molecule has 0 radical (unpaired) electrons. The van der Waals surface area contributed by atoms with Crippen molar-refractivity contribution >= 4 is 16.1 Å². The lowest BCUT2D eigenvalue weighted by Crippen LogP contribution is -2.48. The van der Waals surface area contributed by atoms with Crippen molar-refractivity contribution in [3.63, 3.8) is 0 Å². The third-order valence-corrected chi connectivity index (χ3v) is 5.60. The number of hydrogen-bond donors (Lipinski definition) is 3. The lowest BCUT2D eigenvalue weighted by atomic mass is 9.70. The van der Waals surface area contributed by atoms with Crippen molar-refractivity contribution < 1.29 is 13.2 Å². The zero-order valence-electron chi connectivity index (χ0n) is 14.5. The Morgan fingerprint density at radius 2 is 2.08 bits per heavy atom. The molecule has 0 heterocycles. The predicted octanol–water partition coefficient (Wildman–Crippen LogP) is 2.35. The Balaban J connectivity index is 1.88. The Hall–Kier alpha value is -1.60. The van der Waals surface area contributed by atoms with E-state index in [1.54, 1.807) is 12.1 Å². The summed E-state index contributed by atoms with van der Waals surface area (Å²) in [6.45, 7) is 6.94. The first-order valence-electron chi connectivity index (χ1n) is 8.23. The third kappa shape index (κ3) is 5.21. The van der Waals surface area contributed by atoms with Crippen LogP contribution in [0.1, 0.15) is 45.6 Å². The van der Waals surface area contributed by atoms with Gasteiger partial charge in [0.05, 0.1) is 4.90 Å². The zero-order chi connectivity index (χ0) is 18.0. The average molecular weight is 353 g/mol. The molecule has 1 aromatic rings. The number of amides is 2. The van der Waals surface area contributed by atoms with Gasteiger partial charge in [0.15, 0.2) is 0 Å². The molecule has 1 saturated carbocycles. The molecular weight excluding hydrogens is 326 g/mol. The van der Waals surface area contributed by atoms with E-state index in [9.17, 15) is 13.2 Å². The monoisotopic (exact) mass is 353 g/mol. The number of nitrogens with two attached hydrogens (primary N) is 1. The van der Waals surface area contributed by atoms with Crippen LogP contribution in [0, 0.1) is 11.3 Å². The minimum atomic E-state index is -3.73. The first-order chi connectivity index (χ1) is 11.1. The van der Waals surface area contributed by atoms with Crippen LogP contribution >= 0.6 is 0 Å². The predicted molar refractivity (Wildman–Crippen MR) is 93.8 cm³/mol. The van der Waals surface area contributed by atoms with Crippen LogP contribution in [0.25, 0.3) is 0 Å². The molecule has 0 saturated heterocycles. The van der Waals surface area contributed by atoms with Gasteiger partial charge in [-0.2, -0.15) is 0 Å². The van der Waals surface area contributed by atoms with Gasteiger partial charge in [-0.1, -0.05) is 32.9 Å². The van der Waals surface area contributed by atoms with Gasteiger partial charge in [-0.15, -0.1) is 0 Å². The summed E-state index contributed by atoms with van der Waals surface area (Å²) in [7, 11) is -3.73. The highest BCUT2D eigenvalue weighted by Gasteiger charge is 2.32. The van der Waals surface area contributed by atoms with E-state index in [1.165, 1.54) is 12.1 Å². The van der Waals surface area contributed by atoms with E-state index < -0.39 is 10.0 Å². The minimum Gasteiger partial charge on any atom is -0.335 e. The maximum atomic E-state index is 12.1. The summed E-state index contributed by atoms with van der Waals surface area (Å²) >= 11 is 0. The van der Waals surface area contributed by atoms with Gasteiger partial charge in [0, 0.05) is 12.6 Å². The van der Waals surface area contributed by atoms with E-state index in [0.29, 0.717) is 16.9 Å². The van der Waals surface area contributed by atoms with Gasteiger partial charge in [0.2, 0.25) is 10.0 Å². The van der Waals surface area contributed by atoms with E-state index in [2.05, 4.69) is 31.4 Å². The second-order valence-electron chi connectivity index (χ2n) is 7.51. The summed E-state index contributed by atoms with van der Waals surface area (Å²) in [4.78, 5) is 12.2. The summed E-state index contributed by atoms with van der Waals surface area (Å²) in [5, 5.41) is 10.9. The number of hydrogen-bond acceptors (Lipinski definition) is 3. The third-order valence-electron chi connectivity index (χ3n) is 4.69. The number of sulfonamides is 1. The maximum absolute atomic E-state index is 12.1. The van der Waals surface area contributed by atoms with Gasteiger partial charge >= 0.3 is 6.03 Å². The van der Waals surface area contributed by atoms with E-state index in [0.717, 1.165) is 19.3 Å². The Morgan fingerprint density at radius 3 is 2.71 bits per heavy atom. The normalized spacial score (nSPS) is 23.5.